The maximum absolute atomic E-state index is 15.1. The maximum Gasteiger partial charge on any atom is 0.283 e. The molecule has 3 amide bonds. The highest BCUT2D eigenvalue weighted by atomic mass is 19.1. The normalized spacial score (nSPS) is 17.3. The van der Waals surface area contributed by atoms with Gasteiger partial charge in [0, 0.05) is 18.3 Å². The summed E-state index contributed by atoms with van der Waals surface area (Å²) in [5.74, 6) is -2.74. The van der Waals surface area contributed by atoms with Crippen LogP contribution in [0.5, 0.6) is 0 Å². The third-order valence-corrected chi connectivity index (χ3v) is 7.45. The van der Waals surface area contributed by atoms with Gasteiger partial charge in [-0.15, -0.1) is 0 Å². The Morgan fingerprint density at radius 1 is 1.00 bits per heavy atom. The zero-order valence-corrected chi connectivity index (χ0v) is 22.5. The Balaban J connectivity index is 1.73. The van der Waals surface area contributed by atoms with Crippen molar-refractivity contribution in [2.24, 2.45) is 0 Å². The van der Waals surface area contributed by atoms with Gasteiger partial charge >= 0.3 is 0 Å². The lowest BCUT2D eigenvalue weighted by Gasteiger charge is -2.34. The van der Waals surface area contributed by atoms with Gasteiger partial charge in [-0.25, -0.2) is 8.78 Å². The first kappa shape index (κ1) is 29.2. The number of carbonyl (C=O) groups is 3. The van der Waals surface area contributed by atoms with Gasteiger partial charge in [-0.05, 0) is 35.4 Å². The first-order valence-electron chi connectivity index (χ1n) is 13.1. The molecule has 6 N–H and O–H groups in total. The second kappa shape index (κ2) is 12.9. The molecule has 38 heavy (non-hydrogen) atoms. The fourth-order valence-electron chi connectivity index (χ4n) is 4.54. The molecular formula is C28H39F2N5O3+2. The third-order valence-electron chi connectivity index (χ3n) is 7.45. The fourth-order valence-corrected chi connectivity index (χ4v) is 4.54. The van der Waals surface area contributed by atoms with Crippen LogP contribution < -0.4 is 21.3 Å². The smallest absolute Gasteiger partial charge is 0.283 e. The van der Waals surface area contributed by atoms with Crippen LogP contribution >= 0.6 is 0 Å². The molecule has 0 aliphatic carbocycles. The Hall–Kier alpha value is -3.37. The number of carbonyl (C=O) groups excluding carboxylic acids is 3. The summed E-state index contributed by atoms with van der Waals surface area (Å²) in [5, 5.41) is 5.41. The van der Waals surface area contributed by atoms with Crippen LogP contribution in [0.15, 0.2) is 42.5 Å². The van der Waals surface area contributed by atoms with Gasteiger partial charge in [0.15, 0.2) is 6.04 Å². The van der Waals surface area contributed by atoms with E-state index in [-0.39, 0.29) is 35.7 Å². The second-order valence-electron chi connectivity index (χ2n) is 10.1. The minimum absolute atomic E-state index is 0.00609. The van der Waals surface area contributed by atoms with E-state index < -0.39 is 29.7 Å². The highest BCUT2D eigenvalue weighted by Gasteiger charge is 2.34. The van der Waals surface area contributed by atoms with Gasteiger partial charge in [0.25, 0.3) is 5.91 Å². The van der Waals surface area contributed by atoms with Gasteiger partial charge in [-0.2, -0.15) is 0 Å². The van der Waals surface area contributed by atoms with Gasteiger partial charge in [0.2, 0.25) is 11.8 Å². The molecule has 8 nitrogen and oxygen atoms in total. The Morgan fingerprint density at radius 3 is 2.18 bits per heavy atom. The molecule has 1 aliphatic rings. The molecule has 0 aromatic heterocycles. The number of hydrogen-bond donors (Lipinski definition) is 4. The summed E-state index contributed by atoms with van der Waals surface area (Å²) < 4.78 is 28.4. The molecule has 1 aliphatic heterocycles. The summed E-state index contributed by atoms with van der Waals surface area (Å²) in [6, 6.07) is 8.66. The molecule has 1 fully saturated rings. The Morgan fingerprint density at radius 2 is 1.61 bits per heavy atom. The van der Waals surface area contributed by atoms with Crippen LogP contribution in [0, 0.1) is 11.6 Å². The van der Waals surface area contributed by atoms with Crippen molar-refractivity contribution in [3.63, 3.8) is 0 Å². The molecule has 3 rings (SSSR count). The van der Waals surface area contributed by atoms with Gasteiger partial charge in [0.05, 0.1) is 38.9 Å². The lowest BCUT2D eigenvalue weighted by Crippen LogP contribution is -3.12. The van der Waals surface area contributed by atoms with E-state index in [0.29, 0.717) is 18.7 Å². The highest BCUT2D eigenvalue weighted by Crippen LogP contribution is 2.26. The van der Waals surface area contributed by atoms with Crippen molar-refractivity contribution in [1.82, 2.24) is 10.2 Å². The Kier molecular flexibility index (Phi) is 9.93. The zero-order chi connectivity index (χ0) is 28.0. The number of benzene rings is 2. The van der Waals surface area contributed by atoms with Crippen molar-refractivity contribution in [2.45, 2.75) is 51.1 Å². The minimum Gasteiger partial charge on any atom is -0.347 e. The van der Waals surface area contributed by atoms with E-state index in [2.05, 4.69) is 23.4 Å². The van der Waals surface area contributed by atoms with Crippen LogP contribution in [-0.2, 0) is 14.4 Å². The number of amides is 3. The molecule has 4 atom stereocenters. The monoisotopic (exact) mass is 531 g/mol. The molecule has 0 saturated carbocycles. The topological polar surface area (TPSA) is 111 Å². The van der Waals surface area contributed by atoms with Gasteiger partial charge in [-0.3, -0.25) is 14.4 Å². The number of anilines is 1. The minimum atomic E-state index is -0.832. The summed E-state index contributed by atoms with van der Waals surface area (Å²) >= 11 is 0. The van der Waals surface area contributed by atoms with E-state index in [1.165, 1.54) is 29.2 Å². The van der Waals surface area contributed by atoms with E-state index in [0.717, 1.165) is 18.7 Å². The number of nitrogens with zero attached hydrogens (tertiary/aromatic N) is 1. The van der Waals surface area contributed by atoms with Crippen LogP contribution in [0.4, 0.5) is 14.5 Å². The third kappa shape index (κ3) is 7.14. The molecule has 1 saturated heterocycles. The van der Waals surface area contributed by atoms with Gasteiger partial charge in [-0.1, -0.05) is 39.0 Å². The molecule has 0 radical (unpaired) electrons. The molecule has 0 spiro atoms. The predicted octanol–water partition coefficient (Wildman–Crippen LogP) is 0.673. The molecule has 0 bridgehead atoms. The van der Waals surface area contributed by atoms with Crippen LogP contribution in [0.3, 0.4) is 0 Å². The van der Waals surface area contributed by atoms with E-state index in [9.17, 15) is 18.8 Å². The van der Waals surface area contributed by atoms with Crippen molar-refractivity contribution >= 4 is 23.4 Å². The maximum atomic E-state index is 15.1. The van der Waals surface area contributed by atoms with E-state index in [4.69, 9.17) is 0 Å². The van der Waals surface area contributed by atoms with E-state index in [1.807, 2.05) is 0 Å². The summed E-state index contributed by atoms with van der Waals surface area (Å²) in [4.78, 5) is 41.5. The summed E-state index contributed by atoms with van der Waals surface area (Å²) in [6.45, 7) is 8.13. The molecule has 0 unspecified atom stereocenters. The number of likely N-dealkylation sites (N-methyl/N-ethyl adjacent to an activating group) is 1. The zero-order valence-electron chi connectivity index (χ0n) is 22.5. The first-order chi connectivity index (χ1) is 18.0. The van der Waals surface area contributed by atoms with Crippen LogP contribution in [0.1, 0.15) is 50.2 Å². The number of halogens is 2. The van der Waals surface area contributed by atoms with Crippen molar-refractivity contribution in [2.75, 3.05) is 38.5 Å². The Labute approximate surface area is 222 Å². The number of rotatable bonds is 9. The lowest BCUT2D eigenvalue weighted by atomic mass is 9.91. The largest absolute Gasteiger partial charge is 0.347 e. The van der Waals surface area contributed by atoms with Crippen molar-refractivity contribution in [1.29, 1.82) is 0 Å². The van der Waals surface area contributed by atoms with Gasteiger partial charge in [0.1, 0.15) is 17.7 Å². The van der Waals surface area contributed by atoms with Crippen molar-refractivity contribution in [3.8, 4) is 0 Å². The average Bonchev–Trinajstić information content (AvgIpc) is 2.91. The quantitative estimate of drug-likeness (QED) is 0.382. The van der Waals surface area contributed by atoms with E-state index >= 15 is 4.39 Å². The van der Waals surface area contributed by atoms with Gasteiger partial charge < -0.3 is 26.2 Å². The SMILES string of the molecule is CCC(=O)N[C@@H](C(=O)N1CC[NH+](C)CC1)[C@@H](C)c1ccc(NC(=O)[C@@H]([NH3+])[C@@H](C)c2ccc(F)cc2)c(F)c1. The fraction of sp³-hybridized carbons (Fsp3) is 0.464. The van der Waals surface area contributed by atoms with E-state index in [1.54, 1.807) is 43.9 Å². The molecule has 2 aromatic carbocycles. The van der Waals surface area contributed by atoms with Crippen LogP contribution in [0.25, 0.3) is 0 Å². The lowest BCUT2D eigenvalue weighted by molar-refractivity contribution is -0.883. The Bertz CT molecular complexity index is 1140. The number of hydrogen-bond acceptors (Lipinski definition) is 3. The van der Waals surface area contributed by atoms with Crippen molar-refractivity contribution in [3.05, 3.63) is 65.2 Å². The van der Waals surface area contributed by atoms with Crippen molar-refractivity contribution < 1.29 is 33.8 Å². The number of piperazine rings is 1. The first-order valence-corrected chi connectivity index (χ1v) is 13.1. The summed E-state index contributed by atoms with van der Waals surface area (Å²) in [6.07, 6.45) is 0.227. The average molecular weight is 532 g/mol. The summed E-state index contributed by atoms with van der Waals surface area (Å²) in [5.41, 5.74) is 5.19. The standard InChI is InChI=1S/C28H37F2N5O3/c1-5-24(36)33-26(28(38)35-14-12-34(4)13-15-35)18(3)20-8-11-23(22(30)16-20)32-27(37)25(31)17(2)19-6-9-21(29)10-7-19/h6-11,16-18,25-26H,5,12-15,31H2,1-4H3,(H,32,37)(H,33,36)/p+2/t17-,18-,25-,26+/m0/s1. The van der Waals surface area contributed by atoms with Crippen LogP contribution in [-0.4, -0.2) is 67.9 Å². The molecular weight excluding hydrogens is 492 g/mol. The highest BCUT2D eigenvalue weighted by molar-refractivity contribution is 5.94. The second-order valence-corrected chi connectivity index (χ2v) is 10.1. The predicted molar refractivity (Wildman–Crippen MR) is 140 cm³/mol. The number of quaternary nitrogens is 2. The summed E-state index contributed by atoms with van der Waals surface area (Å²) in [7, 11) is 2.07. The number of nitrogens with one attached hydrogen (secondary N) is 3. The molecule has 206 valence electrons. The molecule has 2 aromatic rings. The molecule has 1 heterocycles. The van der Waals surface area contributed by atoms with Crippen LogP contribution in [0.2, 0.25) is 0 Å². The molecule has 10 heteroatoms.